The molecule has 2 N–H and O–H groups in total. The van der Waals surface area contributed by atoms with Gasteiger partial charge < -0.3 is 20.1 Å². The van der Waals surface area contributed by atoms with E-state index >= 15 is 0 Å². The Bertz CT molecular complexity index is 1200. The average Bonchev–Trinajstić information content (AvgIpc) is 3.32. The summed E-state index contributed by atoms with van der Waals surface area (Å²) in [7, 11) is 1.81. The summed E-state index contributed by atoms with van der Waals surface area (Å²) in [6, 6.07) is 15.9. The fourth-order valence-electron chi connectivity index (χ4n) is 6.10. The van der Waals surface area contributed by atoms with Crippen LogP contribution in [0.4, 0.5) is 0 Å². The van der Waals surface area contributed by atoms with Crippen molar-refractivity contribution in [2.24, 2.45) is 0 Å². The van der Waals surface area contributed by atoms with Crippen LogP contribution in [0.2, 0.25) is 0 Å². The molecule has 0 bridgehead atoms. The molecule has 0 spiro atoms. The number of nitrogens with zero attached hydrogens (tertiary/aromatic N) is 2. The second-order valence-electron chi connectivity index (χ2n) is 9.95. The molecule has 0 saturated carbocycles. The number of likely N-dealkylation sites (tertiary alicyclic amines) is 1. The number of H-pyrrole nitrogens is 1. The van der Waals surface area contributed by atoms with Crippen LogP contribution in [0.3, 0.4) is 0 Å². The highest BCUT2D eigenvalue weighted by Gasteiger charge is 2.43. The van der Waals surface area contributed by atoms with E-state index in [0.717, 1.165) is 41.5 Å². The van der Waals surface area contributed by atoms with Gasteiger partial charge in [-0.2, -0.15) is 0 Å². The minimum atomic E-state index is -0.466. The van der Waals surface area contributed by atoms with Gasteiger partial charge in [-0.15, -0.1) is 0 Å². The Morgan fingerprint density at radius 1 is 1.09 bits per heavy atom. The zero-order chi connectivity index (χ0) is 24.4. The zero-order valence-corrected chi connectivity index (χ0v) is 20.8. The van der Waals surface area contributed by atoms with Crippen LogP contribution in [0.15, 0.2) is 54.7 Å². The van der Waals surface area contributed by atoms with Crippen LogP contribution in [0.25, 0.3) is 10.9 Å². The molecule has 3 aromatic rings. The molecule has 35 heavy (non-hydrogen) atoms. The first-order valence-electron chi connectivity index (χ1n) is 13.0. The number of hydrogen-bond acceptors (Lipinski definition) is 3. The lowest BCUT2D eigenvalue weighted by Gasteiger charge is -2.39. The van der Waals surface area contributed by atoms with E-state index in [1.54, 1.807) is 4.90 Å². The number of aromatic amines is 1. The van der Waals surface area contributed by atoms with Crippen molar-refractivity contribution in [3.05, 3.63) is 71.4 Å². The van der Waals surface area contributed by atoms with Gasteiger partial charge in [0.1, 0.15) is 0 Å². The molecule has 2 amide bonds. The highest BCUT2D eigenvalue weighted by molar-refractivity contribution is 6.02. The van der Waals surface area contributed by atoms with Gasteiger partial charge in [0.25, 0.3) is 5.91 Å². The van der Waals surface area contributed by atoms with Crippen LogP contribution in [-0.2, 0) is 4.79 Å². The molecule has 6 heteroatoms. The number of benzene rings is 2. The maximum absolute atomic E-state index is 13.8. The van der Waals surface area contributed by atoms with Gasteiger partial charge in [-0.05, 0) is 49.9 Å². The van der Waals surface area contributed by atoms with Gasteiger partial charge in [-0.1, -0.05) is 49.7 Å². The topological polar surface area (TPSA) is 68.4 Å². The smallest absolute Gasteiger partial charge is 0.254 e. The number of nitrogens with one attached hydrogen (secondary N) is 2. The largest absolute Gasteiger partial charge is 0.361 e. The molecule has 2 aliphatic heterocycles. The van der Waals surface area contributed by atoms with Crippen LogP contribution in [0, 0.1) is 0 Å². The number of fused-ring (bicyclic) bond motifs is 2. The number of carbonyl (C=O) groups excluding carboxylic acids is 2. The molecule has 1 aromatic heterocycles. The molecule has 2 aliphatic rings. The molecule has 3 atom stereocenters. The highest BCUT2D eigenvalue weighted by Crippen LogP contribution is 2.44. The van der Waals surface area contributed by atoms with E-state index in [1.807, 2.05) is 55.7 Å². The van der Waals surface area contributed by atoms with Gasteiger partial charge in [0.15, 0.2) is 0 Å². The monoisotopic (exact) mass is 472 g/mol. The van der Waals surface area contributed by atoms with Gasteiger partial charge in [-0.3, -0.25) is 9.59 Å². The normalized spacial score (nSPS) is 22.9. The third kappa shape index (κ3) is 4.47. The Hall–Kier alpha value is -3.12. The van der Waals surface area contributed by atoms with Crippen molar-refractivity contribution in [3.63, 3.8) is 0 Å². The molecule has 6 nitrogen and oxygen atoms in total. The number of piperidine rings is 1. The van der Waals surface area contributed by atoms with E-state index in [-0.39, 0.29) is 17.9 Å². The summed E-state index contributed by atoms with van der Waals surface area (Å²) < 4.78 is 0. The molecular weight excluding hydrogens is 436 g/mol. The van der Waals surface area contributed by atoms with E-state index in [1.165, 1.54) is 25.7 Å². The molecule has 184 valence electrons. The second kappa shape index (κ2) is 10.2. The van der Waals surface area contributed by atoms with Crippen molar-refractivity contribution >= 4 is 22.7 Å². The molecule has 5 rings (SSSR count). The molecule has 1 saturated heterocycles. The summed E-state index contributed by atoms with van der Waals surface area (Å²) in [5.74, 6) is -0.528. The Balaban J connectivity index is 1.38. The standard InChI is InChI=1S/C29H36N4O2/c1-3-20-11-8-9-17-33(20)18-10-16-30-28(34)26-22-13-4-5-14-23(22)29(35)32(2)27(26)24-19-31-25-15-7-6-12-21(24)25/h4-7,12-15,19-20,26-27,31H,3,8-11,16-18H2,1-2H3,(H,30,34). The summed E-state index contributed by atoms with van der Waals surface area (Å²) in [5, 5.41) is 4.27. The minimum Gasteiger partial charge on any atom is -0.361 e. The Labute approximate surface area is 207 Å². The first kappa shape index (κ1) is 23.6. The second-order valence-corrected chi connectivity index (χ2v) is 9.95. The van der Waals surface area contributed by atoms with Gasteiger partial charge in [-0.25, -0.2) is 0 Å². The van der Waals surface area contributed by atoms with Crippen LogP contribution < -0.4 is 5.32 Å². The fourth-order valence-corrected chi connectivity index (χ4v) is 6.10. The maximum atomic E-state index is 13.8. The third-order valence-corrected chi connectivity index (χ3v) is 7.94. The predicted molar refractivity (Wildman–Crippen MR) is 139 cm³/mol. The van der Waals surface area contributed by atoms with Crippen LogP contribution in [-0.4, -0.2) is 59.3 Å². The van der Waals surface area contributed by atoms with Crippen molar-refractivity contribution in [1.82, 2.24) is 20.1 Å². The minimum absolute atomic E-state index is 0.0160. The maximum Gasteiger partial charge on any atom is 0.254 e. The van der Waals surface area contributed by atoms with Gasteiger partial charge in [0, 0.05) is 54.4 Å². The third-order valence-electron chi connectivity index (χ3n) is 7.94. The predicted octanol–water partition coefficient (Wildman–Crippen LogP) is 4.85. The highest BCUT2D eigenvalue weighted by atomic mass is 16.2. The molecule has 0 aliphatic carbocycles. The number of para-hydroxylation sites is 1. The first-order chi connectivity index (χ1) is 17.1. The summed E-state index contributed by atoms with van der Waals surface area (Å²) in [6.45, 7) is 5.10. The molecule has 1 fully saturated rings. The lowest BCUT2D eigenvalue weighted by atomic mass is 9.79. The van der Waals surface area contributed by atoms with E-state index in [2.05, 4.69) is 28.2 Å². The summed E-state index contributed by atoms with van der Waals surface area (Å²) in [5.41, 5.74) is 3.41. The van der Waals surface area contributed by atoms with Crippen LogP contribution >= 0.6 is 0 Å². The fraction of sp³-hybridized carbons (Fsp3) is 0.448. The van der Waals surface area contributed by atoms with Crippen molar-refractivity contribution < 1.29 is 9.59 Å². The molecule has 3 unspecified atom stereocenters. The number of aromatic nitrogens is 1. The zero-order valence-electron chi connectivity index (χ0n) is 20.8. The molecule has 2 aromatic carbocycles. The van der Waals surface area contributed by atoms with Crippen molar-refractivity contribution in [3.8, 4) is 0 Å². The molecule has 3 heterocycles. The number of rotatable bonds is 7. The van der Waals surface area contributed by atoms with Gasteiger partial charge in [0.2, 0.25) is 5.91 Å². The summed E-state index contributed by atoms with van der Waals surface area (Å²) >= 11 is 0. The van der Waals surface area contributed by atoms with Crippen molar-refractivity contribution in [1.29, 1.82) is 0 Å². The lowest BCUT2D eigenvalue weighted by Crippen LogP contribution is -2.46. The number of amides is 2. The Morgan fingerprint density at radius 3 is 2.74 bits per heavy atom. The van der Waals surface area contributed by atoms with E-state index < -0.39 is 5.92 Å². The number of likely N-dealkylation sites (N-methyl/N-ethyl adjacent to an activating group) is 1. The Kier molecular flexibility index (Phi) is 6.91. The molecular formula is C29H36N4O2. The molecule has 0 radical (unpaired) electrons. The average molecular weight is 473 g/mol. The van der Waals surface area contributed by atoms with E-state index in [0.29, 0.717) is 18.2 Å². The number of hydrogen-bond donors (Lipinski definition) is 2. The van der Waals surface area contributed by atoms with Gasteiger partial charge in [0.05, 0.1) is 12.0 Å². The van der Waals surface area contributed by atoms with Crippen molar-refractivity contribution in [2.45, 2.75) is 57.0 Å². The number of carbonyl (C=O) groups is 2. The van der Waals surface area contributed by atoms with Gasteiger partial charge >= 0.3 is 0 Å². The lowest BCUT2D eigenvalue weighted by molar-refractivity contribution is -0.124. The van der Waals surface area contributed by atoms with Crippen molar-refractivity contribution in [2.75, 3.05) is 26.7 Å². The van der Waals surface area contributed by atoms with Crippen LogP contribution in [0.5, 0.6) is 0 Å². The summed E-state index contributed by atoms with van der Waals surface area (Å²) in [6.07, 6.45) is 7.96. The quantitative estimate of drug-likeness (QED) is 0.483. The summed E-state index contributed by atoms with van der Waals surface area (Å²) in [4.78, 5) is 34.7. The van der Waals surface area contributed by atoms with E-state index in [4.69, 9.17) is 0 Å². The Morgan fingerprint density at radius 2 is 1.89 bits per heavy atom. The van der Waals surface area contributed by atoms with Crippen LogP contribution in [0.1, 0.15) is 72.5 Å². The first-order valence-corrected chi connectivity index (χ1v) is 13.0. The SMILES string of the molecule is CCC1CCCCN1CCCNC(=O)C1c2ccccc2C(=O)N(C)C1c1c[nH]c2ccccc12. The van der Waals surface area contributed by atoms with E-state index in [9.17, 15) is 9.59 Å².